The topological polar surface area (TPSA) is 85.9 Å². The molecule has 2 aliphatic rings. The molecule has 0 saturated heterocycles. The molecule has 1 heterocycles. The molecule has 0 spiro atoms. The first-order valence-corrected chi connectivity index (χ1v) is 9.70. The number of urea groups is 1. The number of carbonyl (C=O) groups is 2. The van der Waals surface area contributed by atoms with Crippen LogP contribution in [0.2, 0.25) is 0 Å². The molecule has 1 aliphatic carbocycles. The summed E-state index contributed by atoms with van der Waals surface area (Å²) in [6.45, 7) is 2.13. The van der Waals surface area contributed by atoms with Gasteiger partial charge >= 0.3 is 12.0 Å². The van der Waals surface area contributed by atoms with E-state index in [0.29, 0.717) is 35.3 Å². The number of nitrogens with one attached hydrogen (secondary N) is 2. The molecule has 0 unspecified atom stereocenters. The molecule has 1 aromatic rings. The number of methoxy groups -OCH3 is 2. The number of carbonyl (C=O) groups excluding carboxylic acids is 2. The molecule has 1 atom stereocenters. The van der Waals surface area contributed by atoms with Crippen LogP contribution in [0.3, 0.4) is 0 Å². The standard InChI is InChI=1S/C21H28N2O5/c1-13-18(20(24)28-12-14-7-5-4-6-8-14)19(23-21(25)22-13)15-9-10-16(26-2)17(11-15)27-3/h9-11,14,19H,4-8,12H2,1-3H3,(H2,22,23,25)/t19-/m1/s1. The van der Waals surface area contributed by atoms with Crippen molar-refractivity contribution in [2.75, 3.05) is 20.8 Å². The highest BCUT2D eigenvalue weighted by atomic mass is 16.5. The van der Waals surface area contributed by atoms with Crippen molar-refractivity contribution in [1.82, 2.24) is 10.6 Å². The van der Waals surface area contributed by atoms with Gasteiger partial charge in [0.15, 0.2) is 11.5 Å². The minimum Gasteiger partial charge on any atom is -0.493 e. The van der Waals surface area contributed by atoms with Crippen molar-refractivity contribution in [1.29, 1.82) is 0 Å². The van der Waals surface area contributed by atoms with Gasteiger partial charge in [-0.1, -0.05) is 25.3 Å². The van der Waals surface area contributed by atoms with Crippen LogP contribution in [0.1, 0.15) is 50.6 Å². The van der Waals surface area contributed by atoms with Crippen LogP contribution < -0.4 is 20.1 Å². The summed E-state index contributed by atoms with van der Waals surface area (Å²) in [7, 11) is 3.10. The summed E-state index contributed by atoms with van der Waals surface area (Å²) >= 11 is 0. The highest BCUT2D eigenvalue weighted by molar-refractivity contribution is 5.95. The quantitative estimate of drug-likeness (QED) is 0.729. The van der Waals surface area contributed by atoms with E-state index in [9.17, 15) is 9.59 Å². The number of allylic oxidation sites excluding steroid dienone is 1. The van der Waals surface area contributed by atoms with Gasteiger partial charge in [-0.15, -0.1) is 0 Å². The van der Waals surface area contributed by atoms with Crippen molar-refractivity contribution >= 4 is 12.0 Å². The maximum absolute atomic E-state index is 12.9. The van der Waals surface area contributed by atoms with Gasteiger partial charge < -0.3 is 24.8 Å². The third kappa shape index (κ3) is 4.40. The monoisotopic (exact) mass is 388 g/mol. The van der Waals surface area contributed by atoms with Gasteiger partial charge in [-0.05, 0) is 43.4 Å². The maximum Gasteiger partial charge on any atom is 0.338 e. The van der Waals surface area contributed by atoms with Gasteiger partial charge in [0.25, 0.3) is 0 Å². The Morgan fingerprint density at radius 3 is 2.50 bits per heavy atom. The van der Waals surface area contributed by atoms with Crippen LogP contribution >= 0.6 is 0 Å². The van der Waals surface area contributed by atoms with Gasteiger partial charge in [-0.25, -0.2) is 9.59 Å². The molecule has 1 fully saturated rings. The largest absolute Gasteiger partial charge is 0.493 e. The number of benzene rings is 1. The fraction of sp³-hybridized carbons (Fsp3) is 0.524. The Hall–Kier alpha value is -2.70. The summed E-state index contributed by atoms with van der Waals surface area (Å²) in [4.78, 5) is 24.9. The normalized spacial score (nSPS) is 20.2. The molecule has 7 heteroatoms. The lowest BCUT2D eigenvalue weighted by atomic mass is 9.90. The van der Waals surface area contributed by atoms with Gasteiger partial charge in [0.1, 0.15) is 0 Å². The van der Waals surface area contributed by atoms with E-state index in [1.807, 2.05) is 0 Å². The Morgan fingerprint density at radius 2 is 1.82 bits per heavy atom. The van der Waals surface area contributed by atoms with E-state index in [4.69, 9.17) is 14.2 Å². The van der Waals surface area contributed by atoms with E-state index in [1.54, 1.807) is 39.3 Å². The van der Waals surface area contributed by atoms with Crippen LogP contribution in [0.25, 0.3) is 0 Å². The van der Waals surface area contributed by atoms with E-state index in [1.165, 1.54) is 19.3 Å². The second-order valence-electron chi connectivity index (χ2n) is 7.29. The van der Waals surface area contributed by atoms with Crippen molar-refractivity contribution in [3.05, 3.63) is 35.0 Å². The van der Waals surface area contributed by atoms with Crippen LogP contribution in [-0.4, -0.2) is 32.8 Å². The predicted molar refractivity (Wildman–Crippen MR) is 104 cm³/mol. The smallest absolute Gasteiger partial charge is 0.338 e. The second-order valence-corrected chi connectivity index (χ2v) is 7.29. The summed E-state index contributed by atoms with van der Waals surface area (Å²) in [5, 5.41) is 5.49. The second kappa shape index (κ2) is 8.99. The highest BCUT2D eigenvalue weighted by Gasteiger charge is 2.33. The fourth-order valence-electron chi connectivity index (χ4n) is 3.87. The molecular weight excluding hydrogens is 360 g/mol. The summed E-state index contributed by atoms with van der Waals surface area (Å²) in [5.74, 6) is 1.12. The number of hydrogen-bond acceptors (Lipinski definition) is 5. The Bertz CT molecular complexity index is 768. The lowest BCUT2D eigenvalue weighted by Crippen LogP contribution is -2.45. The van der Waals surface area contributed by atoms with Crippen molar-refractivity contribution in [3.63, 3.8) is 0 Å². The maximum atomic E-state index is 12.9. The molecule has 0 radical (unpaired) electrons. The number of esters is 1. The first kappa shape index (κ1) is 20.0. The third-order valence-corrected chi connectivity index (χ3v) is 5.40. The van der Waals surface area contributed by atoms with E-state index < -0.39 is 12.0 Å². The molecule has 152 valence electrons. The lowest BCUT2D eigenvalue weighted by Gasteiger charge is -2.29. The average molecular weight is 388 g/mol. The molecule has 2 N–H and O–H groups in total. The van der Waals surface area contributed by atoms with Crippen molar-refractivity contribution in [3.8, 4) is 11.5 Å². The molecule has 1 saturated carbocycles. The van der Waals surface area contributed by atoms with E-state index >= 15 is 0 Å². The molecular formula is C21H28N2O5. The summed E-state index contributed by atoms with van der Waals surface area (Å²) in [6.07, 6.45) is 5.83. The van der Waals surface area contributed by atoms with Gasteiger partial charge in [0.05, 0.1) is 32.4 Å². The van der Waals surface area contributed by atoms with Gasteiger partial charge in [0, 0.05) is 5.70 Å². The summed E-state index contributed by atoms with van der Waals surface area (Å²) in [6, 6.07) is 4.34. The van der Waals surface area contributed by atoms with Crippen LogP contribution in [0, 0.1) is 5.92 Å². The Morgan fingerprint density at radius 1 is 1.11 bits per heavy atom. The predicted octanol–water partition coefficient (Wildman–Crippen LogP) is 3.46. The summed E-state index contributed by atoms with van der Waals surface area (Å²) < 4.78 is 16.3. The molecule has 2 amide bonds. The van der Waals surface area contributed by atoms with E-state index in [2.05, 4.69) is 10.6 Å². The summed E-state index contributed by atoms with van der Waals surface area (Å²) in [5.41, 5.74) is 1.62. The molecule has 28 heavy (non-hydrogen) atoms. The number of rotatable bonds is 6. The zero-order valence-corrected chi connectivity index (χ0v) is 16.7. The lowest BCUT2D eigenvalue weighted by molar-refractivity contribution is -0.141. The van der Waals surface area contributed by atoms with Gasteiger partial charge in [-0.3, -0.25) is 0 Å². The first-order chi connectivity index (χ1) is 13.5. The van der Waals surface area contributed by atoms with Crippen LogP contribution in [-0.2, 0) is 9.53 Å². The fourth-order valence-corrected chi connectivity index (χ4v) is 3.87. The zero-order valence-electron chi connectivity index (χ0n) is 16.7. The van der Waals surface area contributed by atoms with Crippen LogP contribution in [0.4, 0.5) is 4.79 Å². The SMILES string of the molecule is COc1ccc([C@H]2NC(=O)NC(C)=C2C(=O)OCC2CCCCC2)cc1OC. The van der Waals surface area contributed by atoms with Gasteiger partial charge in [0.2, 0.25) is 0 Å². The number of hydrogen-bond donors (Lipinski definition) is 2. The zero-order chi connectivity index (χ0) is 20.1. The third-order valence-electron chi connectivity index (χ3n) is 5.40. The van der Waals surface area contributed by atoms with E-state index in [-0.39, 0.29) is 6.03 Å². The van der Waals surface area contributed by atoms with Crippen molar-refractivity contribution < 1.29 is 23.8 Å². The average Bonchev–Trinajstić information content (AvgIpc) is 2.71. The minimum atomic E-state index is -0.618. The molecule has 1 aliphatic heterocycles. The molecule has 7 nitrogen and oxygen atoms in total. The molecule has 3 rings (SSSR count). The number of amides is 2. The molecule has 0 bridgehead atoms. The van der Waals surface area contributed by atoms with Crippen molar-refractivity contribution in [2.24, 2.45) is 5.92 Å². The highest BCUT2D eigenvalue weighted by Crippen LogP contribution is 2.34. The first-order valence-electron chi connectivity index (χ1n) is 9.70. The molecule has 1 aromatic carbocycles. The van der Waals surface area contributed by atoms with Crippen molar-refractivity contribution in [2.45, 2.75) is 45.1 Å². The minimum absolute atomic E-state index is 0.360. The Labute approximate surface area is 165 Å². The van der Waals surface area contributed by atoms with Gasteiger partial charge in [-0.2, -0.15) is 0 Å². The Balaban J connectivity index is 1.83. The van der Waals surface area contributed by atoms with E-state index in [0.717, 1.165) is 18.4 Å². The Kier molecular flexibility index (Phi) is 6.44. The number of ether oxygens (including phenoxy) is 3. The molecule has 0 aromatic heterocycles. The van der Waals surface area contributed by atoms with Crippen LogP contribution in [0.5, 0.6) is 11.5 Å². The van der Waals surface area contributed by atoms with Crippen LogP contribution in [0.15, 0.2) is 29.5 Å².